The number of amides is 1. The summed E-state index contributed by atoms with van der Waals surface area (Å²) in [5, 5.41) is 9.84. The van der Waals surface area contributed by atoms with Crippen molar-refractivity contribution in [1.29, 1.82) is 0 Å². The molecule has 6 rings (SSSR count). The van der Waals surface area contributed by atoms with Gasteiger partial charge < -0.3 is 9.29 Å². The summed E-state index contributed by atoms with van der Waals surface area (Å²) in [7, 11) is 0. The Morgan fingerprint density at radius 3 is 2.39 bits per heavy atom. The van der Waals surface area contributed by atoms with Crippen molar-refractivity contribution in [2.24, 2.45) is 0 Å². The number of benzene rings is 2. The molecule has 2 fully saturated rings. The summed E-state index contributed by atoms with van der Waals surface area (Å²) < 4.78 is 34.6. The summed E-state index contributed by atoms with van der Waals surface area (Å²) >= 11 is 17.8. The third-order valence-corrected chi connectivity index (χ3v) is 10.6. The van der Waals surface area contributed by atoms with Gasteiger partial charge in [-0.15, -0.1) is 11.3 Å². The zero-order chi connectivity index (χ0) is 34.7. The number of hydrogen-bond donors (Lipinski definition) is 1. The smallest absolute Gasteiger partial charge is 0.286 e. The maximum atomic E-state index is 14.1. The Morgan fingerprint density at radius 1 is 1.02 bits per heavy atom. The van der Waals surface area contributed by atoms with Crippen LogP contribution in [0.3, 0.4) is 0 Å². The maximum Gasteiger partial charge on any atom is 0.286 e. The Morgan fingerprint density at radius 2 is 1.71 bits per heavy atom. The van der Waals surface area contributed by atoms with Crippen LogP contribution in [0.5, 0.6) is 0 Å². The van der Waals surface area contributed by atoms with E-state index in [-0.39, 0.29) is 24.4 Å². The van der Waals surface area contributed by atoms with Crippen LogP contribution in [0.25, 0.3) is 16.3 Å². The first kappa shape index (κ1) is 36.0. The van der Waals surface area contributed by atoms with E-state index >= 15 is 0 Å². The quantitative estimate of drug-likeness (QED) is 0.157. The van der Waals surface area contributed by atoms with Gasteiger partial charge in [-0.2, -0.15) is 9.51 Å². The number of rotatable bonds is 8. The van der Waals surface area contributed by atoms with Gasteiger partial charge in [0, 0.05) is 58.6 Å². The van der Waals surface area contributed by atoms with Gasteiger partial charge in [0.25, 0.3) is 5.91 Å². The SMILES string of the molecule is CC1CN(N(Cc2c(C(=O)NN3CCCCC3)nn(-c3ccc(Cl)cc3Cl)c2-c2ccc(C#Cc3ccc(Cl)cc3)s2)S(=O)[O-])CC(C)O1. The van der Waals surface area contributed by atoms with E-state index in [0.717, 1.165) is 29.7 Å². The molecule has 0 spiro atoms. The number of ether oxygens (including phenoxy) is 1. The first-order valence-corrected chi connectivity index (χ1v) is 18.8. The van der Waals surface area contributed by atoms with E-state index in [4.69, 9.17) is 44.6 Å². The number of hydrazine groups is 2. The molecule has 1 amide bonds. The lowest BCUT2D eigenvalue weighted by molar-refractivity contribution is -0.119. The van der Waals surface area contributed by atoms with E-state index in [1.165, 1.54) is 15.8 Å². The molecule has 4 heterocycles. The average Bonchev–Trinajstić information content (AvgIpc) is 3.68. The zero-order valence-corrected chi connectivity index (χ0v) is 30.7. The molecule has 3 unspecified atom stereocenters. The zero-order valence-electron chi connectivity index (χ0n) is 26.8. The Bertz CT molecular complexity index is 1890. The molecule has 10 nitrogen and oxygen atoms in total. The predicted octanol–water partition coefficient (Wildman–Crippen LogP) is 6.71. The molecule has 2 aromatic heterocycles. The molecule has 15 heteroatoms. The van der Waals surface area contributed by atoms with Crippen molar-refractivity contribution >= 4 is 63.3 Å². The monoisotopic (exact) mass is 759 g/mol. The van der Waals surface area contributed by atoms with Crippen molar-refractivity contribution < 1.29 is 18.3 Å². The fourth-order valence-corrected chi connectivity index (χ4v) is 8.07. The first-order valence-electron chi connectivity index (χ1n) is 15.8. The van der Waals surface area contributed by atoms with Crippen molar-refractivity contribution in [3.63, 3.8) is 0 Å². The lowest BCUT2D eigenvalue weighted by atomic mass is 10.1. The highest BCUT2D eigenvalue weighted by atomic mass is 35.5. The summed E-state index contributed by atoms with van der Waals surface area (Å²) in [6, 6.07) is 16.0. The molecule has 0 aliphatic carbocycles. The van der Waals surface area contributed by atoms with Gasteiger partial charge in [-0.05, 0) is 81.3 Å². The second kappa shape index (κ2) is 16.0. The van der Waals surface area contributed by atoms with Crippen LogP contribution >= 0.6 is 46.1 Å². The van der Waals surface area contributed by atoms with E-state index < -0.39 is 17.2 Å². The minimum absolute atomic E-state index is 0.0820. The minimum Gasteiger partial charge on any atom is -0.759 e. The van der Waals surface area contributed by atoms with Gasteiger partial charge >= 0.3 is 0 Å². The molecule has 1 N–H and O–H groups in total. The first-order chi connectivity index (χ1) is 23.5. The Balaban J connectivity index is 1.50. The number of carbonyl (C=O) groups is 1. The van der Waals surface area contributed by atoms with Gasteiger partial charge in [-0.25, -0.2) is 14.7 Å². The summed E-state index contributed by atoms with van der Waals surface area (Å²) in [6.07, 6.45) is 2.60. The lowest BCUT2D eigenvalue weighted by Gasteiger charge is -2.42. The van der Waals surface area contributed by atoms with E-state index in [9.17, 15) is 13.6 Å². The normalized spacial score (nSPS) is 19.4. The number of thiophene rings is 1. The van der Waals surface area contributed by atoms with Crippen molar-refractivity contribution in [2.75, 3.05) is 26.2 Å². The molecule has 2 saturated heterocycles. The molecule has 0 bridgehead atoms. The Hall–Kier alpha value is -2.80. The van der Waals surface area contributed by atoms with Crippen LogP contribution in [0.2, 0.25) is 15.1 Å². The van der Waals surface area contributed by atoms with Crippen LogP contribution in [-0.4, -0.2) is 77.3 Å². The molecule has 2 aromatic carbocycles. The minimum atomic E-state index is -2.68. The number of nitrogens with zero attached hydrogens (tertiary/aromatic N) is 5. The standard InChI is InChI=1S/C34H35Cl3N6O4S2/c1-22-19-41(20-23(2)47-22)42(49(45)46)21-28-32(34(44)39-40-16-4-3-5-17-40)38-43(30-14-11-26(36)18-29(30)37)33(28)31-15-13-27(48-31)12-8-24-6-9-25(35)10-7-24/h6-7,9-11,13-15,18,22-23H,3-5,16-17,19-21H2,1-2H3,(H,39,44)(H,45,46)/p-1. The van der Waals surface area contributed by atoms with E-state index in [0.29, 0.717) is 63.1 Å². The number of hydrogen-bond acceptors (Lipinski definition) is 8. The molecule has 0 saturated carbocycles. The number of nitrogens with one attached hydrogen (secondary N) is 1. The lowest BCUT2D eigenvalue weighted by Crippen LogP contribution is -2.54. The van der Waals surface area contributed by atoms with Gasteiger partial charge in [-0.1, -0.05) is 53.1 Å². The number of halogens is 3. The van der Waals surface area contributed by atoms with E-state index in [1.54, 1.807) is 40.0 Å². The van der Waals surface area contributed by atoms with Gasteiger partial charge in [0.2, 0.25) is 0 Å². The van der Waals surface area contributed by atoms with Crippen LogP contribution in [0, 0.1) is 11.8 Å². The summed E-state index contributed by atoms with van der Waals surface area (Å²) in [4.78, 5) is 15.6. The summed E-state index contributed by atoms with van der Waals surface area (Å²) in [5.74, 6) is 5.93. The fraction of sp³-hybridized carbons (Fsp3) is 0.353. The highest BCUT2D eigenvalue weighted by Crippen LogP contribution is 2.38. The summed E-state index contributed by atoms with van der Waals surface area (Å²) in [5.41, 5.74) is 5.31. The summed E-state index contributed by atoms with van der Waals surface area (Å²) in [6.45, 7) is 5.75. The van der Waals surface area contributed by atoms with Gasteiger partial charge in [0.15, 0.2) is 5.69 Å². The third-order valence-electron chi connectivity index (χ3n) is 8.15. The number of aromatic nitrogens is 2. The van der Waals surface area contributed by atoms with E-state index in [1.807, 2.05) is 43.1 Å². The molecule has 2 aliphatic rings. The second-order valence-corrected chi connectivity index (χ2v) is 15.2. The molecule has 2 aliphatic heterocycles. The van der Waals surface area contributed by atoms with Gasteiger partial charge in [0.05, 0.1) is 44.9 Å². The molecular weight excluding hydrogens is 727 g/mol. The number of morpholine rings is 1. The molecule has 0 radical (unpaired) electrons. The molecule has 49 heavy (non-hydrogen) atoms. The van der Waals surface area contributed by atoms with Crippen molar-refractivity contribution in [2.45, 2.75) is 51.9 Å². The van der Waals surface area contributed by atoms with Crippen molar-refractivity contribution in [3.8, 4) is 28.1 Å². The Labute approximate surface area is 307 Å². The fourth-order valence-electron chi connectivity index (χ4n) is 5.98. The second-order valence-electron chi connectivity index (χ2n) is 11.9. The van der Waals surface area contributed by atoms with Gasteiger partial charge in [0.1, 0.15) is 0 Å². The molecule has 3 atom stereocenters. The number of piperidine rings is 1. The van der Waals surface area contributed by atoms with Crippen LogP contribution in [0.15, 0.2) is 54.6 Å². The molecular formula is C34H34Cl3N6O4S2-. The molecule has 258 valence electrons. The highest BCUT2D eigenvalue weighted by Gasteiger charge is 2.33. The van der Waals surface area contributed by atoms with Crippen LogP contribution < -0.4 is 5.43 Å². The van der Waals surface area contributed by atoms with Crippen molar-refractivity contribution in [3.05, 3.63) is 91.4 Å². The number of carbonyl (C=O) groups excluding carboxylic acids is 1. The predicted molar refractivity (Wildman–Crippen MR) is 193 cm³/mol. The highest BCUT2D eigenvalue weighted by molar-refractivity contribution is 7.76. The average molecular weight is 761 g/mol. The molecule has 4 aromatic rings. The van der Waals surface area contributed by atoms with E-state index in [2.05, 4.69) is 17.3 Å². The van der Waals surface area contributed by atoms with Crippen LogP contribution in [0.1, 0.15) is 59.6 Å². The van der Waals surface area contributed by atoms with Crippen LogP contribution in [-0.2, 0) is 22.5 Å². The maximum absolute atomic E-state index is 14.1. The third kappa shape index (κ3) is 8.75. The Kier molecular flexibility index (Phi) is 11.8. The van der Waals surface area contributed by atoms with Gasteiger partial charge in [-0.3, -0.25) is 14.4 Å². The van der Waals surface area contributed by atoms with Crippen molar-refractivity contribution in [1.82, 2.24) is 29.6 Å². The van der Waals surface area contributed by atoms with Crippen LogP contribution in [0.4, 0.5) is 0 Å². The largest absolute Gasteiger partial charge is 0.759 e. The topological polar surface area (TPSA) is 106 Å².